The first-order valence-corrected chi connectivity index (χ1v) is 9.58. The summed E-state index contributed by atoms with van der Waals surface area (Å²) in [4.78, 5) is 21.2. The van der Waals surface area contributed by atoms with Crippen LogP contribution in [0, 0.1) is 11.3 Å². The van der Waals surface area contributed by atoms with Crippen LogP contribution in [0.4, 0.5) is 0 Å². The van der Waals surface area contributed by atoms with Gasteiger partial charge in [0.15, 0.2) is 5.96 Å². The van der Waals surface area contributed by atoms with E-state index in [9.17, 15) is 4.79 Å². The van der Waals surface area contributed by atoms with Gasteiger partial charge in [-0.3, -0.25) is 9.79 Å². The molecule has 0 bridgehead atoms. The van der Waals surface area contributed by atoms with E-state index in [1.54, 1.807) is 0 Å². The first-order chi connectivity index (χ1) is 11.7. The van der Waals surface area contributed by atoms with Crippen LogP contribution in [0.1, 0.15) is 38.5 Å². The van der Waals surface area contributed by atoms with Gasteiger partial charge in [0.25, 0.3) is 5.91 Å². The molecule has 4 aliphatic rings. The number of piperazine rings is 1. The van der Waals surface area contributed by atoms with Gasteiger partial charge >= 0.3 is 0 Å². The van der Waals surface area contributed by atoms with E-state index in [0.29, 0.717) is 5.41 Å². The number of rotatable bonds is 4. The van der Waals surface area contributed by atoms with Crippen molar-refractivity contribution in [2.45, 2.75) is 44.6 Å². The van der Waals surface area contributed by atoms with E-state index in [1.165, 1.54) is 25.7 Å². The molecule has 1 amide bonds. The average molecular weight is 334 g/mol. The zero-order chi connectivity index (χ0) is 16.6. The van der Waals surface area contributed by atoms with Gasteiger partial charge in [0, 0.05) is 46.4 Å². The van der Waals surface area contributed by atoms with Gasteiger partial charge < -0.3 is 19.9 Å². The Hall–Kier alpha value is -1.30. The molecule has 0 aromatic carbocycles. The number of carbonyl (C=O) groups is 1. The van der Waals surface area contributed by atoms with Crippen LogP contribution < -0.4 is 5.32 Å². The molecular weight excluding hydrogens is 304 g/mol. The zero-order valence-corrected chi connectivity index (χ0v) is 14.8. The number of hydrogen-bond acceptors (Lipinski definition) is 3. The molecule has 2 aliphatic carbocycles. The summed E-state index contributed by atoms with van der Waals surface area (Å²) in [6.45, 7) is 5.05. The first-order valence-electron chi connectivity index (χ1n) is 9.58. The molecule has 0 radical (unpaired) electrons. The number of aliphatic imine (C=N–C) groups is 1. The molecule has 6 nitrogen and oxygen atoms in total. The Morgan fingerprint density at radius 1 is 1.17 bits per heavy atom. The smallest absolute Gasteiger partial charge is 0.251 e. The first kappa shape index (κ1) is 16.2. The summed E-state index contributed by atoms with van der Waals surface area (Å²) in [6.07, 6.45) is 7.30. The third-order valence-electron chi connectivity index (χ3n) is 6.24. The second-order valence-corrected chi connectivity index (χ2v) is 7.85. The van der Waals surface area contributed by atoms with Crippen molar-refractivity contribution < 1.29 is 9.53 Å². The molecule has 2 heterocycles. The number of amides is 1. The van der Waals surface area contributed by atoms with Crippen LogP contribution in [0.15, 0.2) is 4.99 Å². The van der Waals surface area contributed by atoms with Crippen molar-refractivity contribution in [3.8, 4) is 0 Å². The molecule has 1 N–H and O–H groups in total. The van der Waals surface area contributed by atoms with Gasteiger partial charge in [-0.15, -0.1) is 0 Å². The fraction of sp³-hybridized carbons (Fsp3) is 0.889. The maximum Gasteiger partial charge on any atom is 0.251 e. The third-order valence-corrected chi connectivity index (χ3v) is 6.24. The normalized spacial score (nSPS) is 29.7. The number of nitrogens with one attached hydrogen (secondary N) is 1. The summed E-state index contributed by atoms with van der Waals surface area (Å²) in [6, 6.07) is 0. The molecule has 4 fully saturated rings. The molecule has 2 aliphatic heterocycles. The Morgan fingerprint density at radius 2 is 1.88 bits per heavy atom. The van der Waals surface area contributed by atoms with Crippen LogP contribution in [-0.2, 0) is 9.53 Å². The summed E-state index contributed by atoms with van der Waals surface area (Å²) in [7, 11) is 1.86. The summed E-state index contributed by atoms with van der Waals surface area (Å²) in [5, 5.41) is 3.61. The van der Waals surface area contributed by atoms with E-state index in [1.807, 2.05) is 11.9 Å². The average Bonchev–Trinajstić information content (AvgIpc) is 3.54. The van der Waals surface area contributed by atoms with Crippen molar-refractivity contribution in [2.75, 3.05) is 46.4 Å². The fourth-order valence-corrected chi connectivity index (χ4v) is 4.29. The molecule has 1 atom stereocenters. The Kier molecular flexibility index (Phi) is 4.41. The second-order valence-electron chi connectivity index (χ2n) is 7.85. The Balaban J connectivity index is 1.25. The number of guanidine groups is 1. The highest BCUT2D eigenvalue weighted by molar-refractivity contribution is 5.82. The van der Waals surface area contributed by atoms with Crippen LogP contribution in [-0.4, -0.2) is 74.1 Å². The van der Waals surface area contributed by atoms with Gasteiger partial charge in [-0.05, 0) is 49.9 Å². The van der Waals surface area contributed by atoms with Gasteiger partial charge in [0.1, 0.15) is 6.10 Å². The molecule has 24 heavy (non-hydrogen) atoms. The summed E-state index contributed by atoms with van der Waals surface area (Å²) in [5.74, 6) is 2.15. The predicted molar refractivity (Wildman–Crippen MR) is 92.9 cm³/mol. The lowest BCUT2D eigenvalue weighted by molar-refractivity contribution is -0.142. The maximum atomic E-state index is 12.4. The fourth-order valence-electron chi connectivity index (χ4n) is 4.29. The maximum absolute atomic E-state index is 12.4. The molecular formula is C18H30N4O2. The molecule has 0 aromatic rings. The predicted octanol–water partition coefficient (Wildman–Crippen LogP) is 1.08. The van der Waals surface area contributed by atoms with Gasteiger partial charge in [-0.2, -0.15) is 0 Å². The highest BCUT2D eigenvalue weighted by Gasteiger charge is 2.53. The van der Waals surface area contributed by atoms with Gasteiger partial charge in [-0.1, -0.05) is 0 Å². The number of nitrogens with zero attached hydrogens (tertiary/aromatic N) is 3. The van der Waals surface area contributed by atoms with Crippen LogP contribution >= 0.6 is 0 Å². The molecule has 0 spiro atoms. The highest BCUT2D eigenvalue weighted by atomic mass is 16.5. The van der Waals surface area contributed by atoms with Crippen LogP contribution in [0.2, 0.25) is 0 Å². The lowest BCUT2D eigenvalue weighted by atomic mass is 10.0. The van der Waals surface area contributed by atoms with E-state index in [-0.39, 0.29) is 12.0 Å². The Bertz CT molecular complexity index is 499. The SMILES string of the molecule is CN=C(NCC1(C2CC2)CC1)N1CCN(C(=O)C2CCCO2)CC1. The van der Waals surface area contributed by atoms with Crippen LogP contribution in [0.5, 0.6) is 0 Å². The lowest BCUT2D eigenvalue weighted by Gasteiger charge is -2.37. The number of carbonyl (C=O) groups excluding carboxylic acids is 1. The van der Waals surface area contributed by atoms with Crippen molar-refractivity contribution in [1.29, 1.82) is 0 Å². The van der Waals surface area contributed by atoms with E-state index < -0.39 is 0 Å². The molecule has 0 aromatic heterocycles. The molecule has 1 unspecified atom stereocenters. The monoisotopic (exact) mass is 334 g/mol. The van der Waals surface area contributed by atoms with E-state index in [0.717, 1.165) is 64.0 Å². The van der Waals surface area contributed by atoms with Gasteiger partial charge in [-0.25, -0.2) is 0 Å². The van der Waals surface area contributed by atoms with E-state index in [2.05, 4.69) is 15.2 Å². The van der Waals surface area contributed by atoms with Gasteiger partial charge in [0.05, 0.1) is 0 Å². The Labute approximate surface area is 144 Å². The number of hydrogen-bond donors (Lipinski definition) is 1. The van der Waals surface area contributed by atoms with E-state index >= 15 is 0 Å². The van der Waals surface area contributed by atoms with Crippen LogP contribution in [0.25, 0.3) is 0 Å². The summed E-state index contributed by atoms with van der Waals surface area (Å²) >= 11 is 0. The number of ether oxygens (including phenoxy) is 1. The molecule has 2 saturated carbocycles. The standard InChI is InChI=1S/C18H30N4O2/c1-19-17(20-13-18(6-7-18)14-4-5-14)22-10-8-21(9-11-22)16(23)15-3-2-12-24-15/h14-15H,2-13H2,1H3,(H,19,20). The molecule has 6 heteroatoms. The highest BCUT2D eigenvalue weighted by Crippen LogP contribution is 2.60. The topological polar surface area (TPSA) is 57.2 Å². The van der Waals surface area contributed by atoms with Crippen LogP contribution in [0.3, 0.4) is 0 Å². The molecule has 4 rings (SSSR count). The van der Waals surface area contributed by atoms with Crippen molar-refractivity contribution in [2.24, 2.45) is 16.3 Å². The quantitative estimate of drug-likeness (QED) is 0.617. The van der Waals surface area contributed by atoms with Crippen molar-refractivity contribution in [3.63, 3.8) is 0 Å². The second kappa shape index (κ2) is 6.54. The minimum Gasteiger partial charge on any atom is -0.368 e. The van der Waals surface area contributed by atoms with Crippen molar-refractivity contribution >= 4 is 11.9 Å². The van der Waals surface area contributed by atoms with Crippen molar-refractivity contribution in [3.05, 3.63) is 0 Å². The summed E-state index contributed by atoms with van der Waals surface area (Å²) in [5.41, 5.74) is 0.577. The largest absolute Gasteiger partial charge is 0.368 e. The third kappa shape index (κ3) is 3.25. The zero-order valence-electron chi connectivity index (χ0n) is 14.8. The Morgan fingerprint density at radius 3 is 2.42 bits per heavy atom. The minimum atomic E-state index is -0.192. The molecule has 2 saturated heterocycles. The van der Waals surface area contributed by atoms with E-state index in [4.69, 9.17) is 4.74 Å². The minimum absolute atomic E-state index is 0.181. The van der Waals surface area contributed by atoms with Crippen molar-refractivity contribution in [1.82, 2.24) is 15.1 Å². The summed E-state index contributed by atoms with van der Waals surface area (Å²) < 4.78 is 5.53. The lowest BCUT2D eigenvalue weighted by Crippen LogP contribution is -2.55. The molecule has 134 valence electrons. The van der Waals surface area contributed by atoms with Gasteiger partial charge in [0.2, 0.25) is 0 Å².